The Bertz CT molecular complexity index is 1200. The molecule has 0 bridgehead atoms. The van der Waals surface area contributed by atoms with E-state index in [0.29, 0.717) is 5.13 Å². The van der Waals surface area contributed by atoms with Crippen LogP contribution in [0.25, 0.3) is 15.3 Å². The van der Waals surface area contributed by atoms with Gasteiger partial charge in [0.05, 0.1) is 16.4 Å². The smallest absolute Gasteiger partial charge is 0.287 e. The van der Waals surface area contributed by atoms with Gasteiger partial charge in [-0.3, -0.25) is 19.0 Å². The lowest BCUT2D eigenvalue weighted by Gasteiger charge is -2.16. The molecule has 8 nitrogen and oxygen atoms in total. The minimum Gasteiger partial charge on any atom is -0.363 e. The average molecular weight is 419 g/mol. The Hall–Kier alpha value is -3.85. The normalized spacial score (nSPS) is 11.9. The van der Waals surface area contributed by atoms with E-state index in [4.69, 9.17) is 5.73 Å². The van der Waals surface area contributed by atoms with E-state index < -0.39 is 23.6 Å². The van der Waals surface area contributed by atoms with Gasteiger partial charge in [-0.2, -0.15) is 0 Å². The van der Waals surface area contributed by atoms with E-state index in [0.717, 1.165) is 15.8 Å². The Labute approximate surface area is 175 Å². The van der Waals surface area contributed by atoms with Crippen LogP contribution in [-0.4, -0.2) is 38.2 Å². The van der Waals surface area contributed by atoms with E-state index in [-0.39, 0.29) is 12.1 Å². The summed E-state index contributed by atoms with van der Waals surface area (Å²) in [6, 6.07) is 15.6. The lowest BCUT2D eigenvalue weighted by atomic mass is 10.0. The molecule has 0 fully saturated rings. The highest BCUT2D eigenvalue weighted by Crippen LogP contribution is 2.25. The van der Waals surface area contributed by atoms with Gasteiger partial charge in [-0.1, -0.05) is 53.8 Å². The molecule has 0 aliphatic rings. The highest BCUT2D eigenvalue weighted by molar-refractivity contribution is 7.20. The molecule has 2 aromatic carbocycles. The fourth-order valence-electron chi connectivity index (χ4n) is 3.04. The van der Waals surface area contributed by atoms with E-state index in [1.807, 2.05) is 42.5 Å². The molecule has 0 saturated carbocycles. The summed E-state index contributed by atoms with van der Waals surface area (Å²) in [5.41, 5.74) is 6.98. The van der Waals surface area contributed by atoms with Gasteiger partial charge >= 0.3 is 0 Å². The van der Waals surface area contributed by atoms with Crippen LogP contribution in [0.1, 0.15) is 16.1 Å². The molecule has 2 amide bonds. The molecular weight excluding hydrogens is 402 g/mol. The number of imidazole rings is 1. The van der Waals surface area contributed by atoms with Crippen LogP contribution in [0.15, 0.2) is 67.1 Å². The second-order valence-corrected chi connectivity index (χ2v) is 7.57. The van der Waals surface area contributed by atoms with Crippen molar-refractivity contribution < 1.29 is 14.4 Å². The number of ketones is 1. The molecule has 0 aliphatic carbocycles. The minimum atomic E-state index is -1.10. The van der Waals surface area contributed by atoms with Gasteiger partial charge < -0.3 is 11.1 Å². The van der Waals surface area contributed by atoms with Gasteiger partial charge in [0, 0.05) is 6.42 Å². The molecular formula is C21H17N5O3S. The summed E-state index contributed by atoms with van der Waals surface area (Å²) in [5.74, 6) is -2.52. The number of fused-ring (bicyclic) bond motifs is 1. The Morgan fingerprint density at radius 2 is 1.80 bits per heavy atom. The first kappa shape index (κ1) is 19.5. The second kappa shape index (κ2) is 8.26. The van der Waals surface area contributed by atoms with Crippen molar-refractivity contribution in [1.82, 2.24) is 19.9 Å². The van der Waals surface area contributed by atoms with Gasteiger partial charge in [-0.25, -0.2) is 9.97 Å². The average Bonchev–Trinajstić information content (AvgIpc) is 3.40. The van der Waals surface area contributed by atoms with Gasteiger partial charge in [0.1, 0.15) is 18.1 Å². The maximum atomic E-state index is 12.9. The van der Waals surface area contributed by atoms with Crippen molar-refractivity contribution in [2.24, 2.45) is 5.73 Å². The molecule has 4 aromatic rings. The van der Waals surface area contributed by atoms with Crippen molar-refractivity contribution in [2.45, 2.75) is 12.5 Å². The number of carbonyl (C=O) groups is 3. The van der Waals surface area contributed by atoms with Crippen LogP contribution >= 0.6 is 11.3 Å². The maximum absolute atomic E-state index is 12.9. The molecule has 30 heavy (non-hydrogen) atoms. The van der Waals surface area contributed by atoms with Crippen molar-refractivity contribution >= 4 is 39.2 Å². The van der Waals surface area contributed by atoms with Crippen molar-refractivity contribution in [2.75, 3.05) is 0 Å². The third kappa shape index (κ3) is 3.96. The Morgan fingerprint density at radius 3 is 2.53 bits per heavy atom. The zero-order valence-electron chi connectivity index (χ0n) is 15.7. The topological polar surface area (TPSA) is 120 Å². The third-order valence-corrected chi connectivity index (χ3v) is 5.54. The molecule has 2 heterocycles. The Morgan fingerprint density at radius 1 is 1.07 bits per heavy atom. The predicted molar refractivity (Wildman–Crippen MR) is 112 cm³/mol. The molecule has 150 valence electrons. The Balaban J connectivity index is 1.61. The number of nitrogens with zero attached hydrogens (tertiary/aromatic N) is 3. The lowest BCUT2D eigenvalue weighted by Crippen LogP contribution is -2.47. The van der Waals surface area contributed by atoms with Crippen LogP contribution in [0.3, 0.4) is 0 Å². The molecule has 0 spiro atoms. The molecule has 3 N–H and O–H groups in total. The summed E-state index contributed by atoms with van der Waals surface area (Å²) in [5, 5.41) is 3.19. The number of thiazole rings is 1. The van der Waals surface area contributed by atoms with Crippen LogP contribution in [-0.2, 0) is 16.0 Å². The summed E-state index contributed by atoms with van der Waals surface area (Å²) in [4.78, 5) is 45.3. The highest BCUT2D eigenvalue weighted by Gasteiger charge is 2.27. The number of nitrogens with two attached hydrogens (primary N) is 1. The first-order valence-corrected chi connectivity index (χ1v) is 9.91. The third-order valence-electron chi connectivity index (χ3n) is 4.51. The van der Waals surface area contributed by atoms with E-state index in [9.17, 15) is 14.4 Å². The van der Waals surface area contributed by atoms with Gasteiger partial charge in [0.25, 0.3) is 11.8 Å². The van der Waals surface area contributed by atoms with Gasteiger partial charge in [0.15, 0.2) is 5.13 Å². The summed E-state index contributed by atoms with van der Waals surface area (Å²) in [7, 11) is 0. The lowest BCUT2D eigenvalue weighted by molar-refractivity contribution is -0.137. The van der Waals surface area contributed by atoms with Crippen LogP contribution < -0.4 is 11.1 Å². The number of hydrogen-bond donors (Lipinski definition) is 2. The first-order valence-electron chi connectivity index (χ1n) is 9.09. The van der Waals surface area contributed by atoms with Crippen LogP contribution in [0, 0.1) is 0 Å². The number of carbonyl (C=O) groups excluding carboxylic acids is 3. The number of aromatic nitrogens is 3. The van der Waals surface area contributed by atoms with Crippen molar-refractivity contribution in [1.29, 1.82) is 0 Å². The number of hydrogen-bond acceptors (Lipinski definition) is 6. The molecule has 1 atom stereocenters. The molecule has 0 unspecified atom stereocenters. The van der Waals surface area contributed by atoms with Crippen molar-refractivity contribution in [3.05, 3.63) is 78.4 Å². The number of benzene rings is 2. The number of amides is 2. The molecule has 9 heteroatoms. The molecule has 0 radical (unpaired) electrons. The quantitative estimate of drug-likeness (QED) is 0.443. The van der Waals surface area contributed by atoms with E-state index in [2.05, 4.69) is 15.3 Å². The zero-order valence-corrected chi connectivity index (χ0v) is 16.5. The van der Waals surface area contributed by atoms with Crippen molar-refractivity contribution in [3.63, 3.8) is 0 Å². The summed E-state index contributed by atoms with van der Waals surface area (Å²) in [6.07, 6.45) is 3.01. The molecule has 0 aliphatic heterocycles. The second-order valence-electron chi connectivity index (χ2n) is 6.56. The Kier molecular flexibility index (Phi) is 5.36. The predicted octanol–water partition coefficient (Wildman–Crippen LogP) is 1.88. The van der Waals surface area contributed by atoms with Crippen molar-refractivity contribution in [3.8, 4) is 5.13 Å². The summed E-state index contributed by atoms with van der Waals surface area (Å²) < 4.78 is 2.52. The van der Waals surface area contributed by atoms with Gasteiger partial charge in [0.2, 0.25) is 5.78 Å². The zero-order chi connectivity index (χ0) is 21.1. The summed E-state index contributed by atoms with van der Waals surface area (Å²) >= 11 is 1.41. The number of primary amides is 1. The first-order chi connectivity index (χ1) is 14.5. The van der Waals surface area contributed by atoms with Gasteiger partial charge in [-0.15, -0.1) is 0 Å². The van der Waals surface area contributed by atoms with E-state index in [1.54, 1.807) is 16.7 Å². The highest BCUT2D eigenvalue weighted by atomic mass is 32.1. The molecule has 2 aromatic heterocycles. The fraction of sp³-hybridized carbons (Fsp3) is 0.0952. The maximum Gasteiger partial charge on any atom is 0.287 e. The summed E-state index contributed by atoms with van der Waals surface area (Å²) in [6.45, 7) is 0. The van der Waals surface area contributed by atoms with Crippen LogP contribution in [0.2, 0.25) is 0 Å². The van der Waals surface area contributed by atoms with Gasteiger partial charge in [-0.05, 0) is 17.7 Å². The van der Waals surface area contributed by atoms with E-state index in [1.165, 1.54) is 23.9 Å². The minimum absolute atomic E-state index is 0.142. The van der Waals surface area contributed by atoms with Crippen LogP contribution in [0.4, 0.5) is 0 Å². The number of Topliss-reactive ketones (excluding diaryl/α,β-unsaturated/α-hetero) is 1. The van der Waals surface area contributed by atoms with Crippen LogP contribution in [0.5, 0.6) is 0 Å². The monoisotopic (exact) mass is 419 g/mol. The number of para-hydroxylation sites is 1. The molecule has 4 rings (SSSR count). The standard InChI is InChI=1S/C21H17N5O3S/c22-19(28)18(27)15(10-13-6-2-1-3-7-13)24-20(29)16-11-23-12-26(16)21-25-14-8-4-5-9-17(14)30-21/h1-9,11-12,15H,10H2,(H2,22,28)(H,24,29)/t15-/m0/s1. The largest absolute Gasteiger partial charge is 0.363 e. The van der Waals surface area contributed by atoms with E-state index >= 15 is 0 Å². The SMILES string of the molecule is NC(=O)C(=O)[C@H](Cc1ccccc1)NC(=O)c1cncn1-c1nc2ccccc2s1. The number of rotatable bonds is 7. The fourth-order valence-corrected chi connectivity index (χ4v) is 3.99. The number of nitrogens with one attached hydrogen (secondary N) is 1. The molecule has 0 saturated heterocycles.